The van der Waals surface area contributed by atoms with Gasteiger partial charge >= 0.3 is 0 Å². The molecule has 4 aromatic carbocycles. The number of hydrogen-bond acceptors (Lipinski definition) is 2. The van der Waals surface area contributed by atoms with Gasteiger partial charge in [0, 0.05) is 3.57 Å². The Balaban J connectivity index is 1.60. The number of nitrogens with zero attached hydrogens (tertiary/aromatic N) is 1. The highest BCUT2D eigenvalue weighted by Gasteiger charge is 2.10. The van der Waals surface area contributed by atoms with Crippen LogP contribution < -0.4 is 4.74 Å². The summed E-state index contributed by atoms with van der Waals surface area (Å²) >= 11 is 6.90. The highest BCUT2D eigenvalue weighted by Crippen LogP contribution is 2.31. The SMILES string of the molecule is N#C/C(=C/c1cc(I)c(OCc2ccc(I)cc2)c(I)c1)c1ccc2ccccc2c1. The van der Waals surface area contributed by atoms with Crippen LogP contribution in [0.3, 0.4) is 0 Å². The van der Waals surface area contributed by atoms with E-state index >= 15 is 0 Å². The Bertz CT molecular complexity index is 1300. The highest BCUT2D eigenvalue weighted by molar-refractivity contribution is 14.1. The molecular weight excluding hydrogens is 723 g/mol. The Kier molecular flexibility index (Phi) is 7.51. The number of fused-ring (bicyclic) bond motifs is 1. The van der Waals surface area contributed by atoms with Crippen molar-refractivity contribution in [1.29, 1.82) is 5.26 Å². The fourth-order valence-electron chi connectivity index (χ4n) is 3.24. The Hall–Kier alpha value is -1.64. The molecule has 0 bridgehead atoms. The van der Waals surface area contributed by atoms with Gasteiger partial charge in [0.15, 0.2) is 0 Å². The molecule has 0 atom stereocenters. The number of nitriles is 1. The highest BCUT2D eigenvalue weighted by atomic mass is 127. The first-order chi connectivity index (χ1) is 15.0. The van der Waals surface area contributed by atoms with Crippen molar-refractivity contribution < 1.29 is 4.74 Å². The standard InChI is InChI=1S/C26H16I3NO/c27-23-9-5-17(6-10-23)16-31-26-24(28)12-18(13-25(26)29)11-22(15-30)21-8-7-19-3-1-2-4-20(19)14-21/h1-14H,16H2/b22-11-. The van der Waals surface area contributed by atoms with Crippen LogP contribution in [0.5, 0.6) is 5.75 Å². The molecule has 0 saturated carbocycles. The first kappa shape index (κ1) is 22.6. The summed E-state index contributed by atoms with van der Waals surface area (Å²) in [6.45, 7) is 0.526. The van der Waals surface area contributed by atoms with Crippen molar-refractivity contribution in [2.75, 3.05) is 0 Å². The molecule has 0 radical (unpaired) electrons. The van der Waals surface area contributed by atoms with Gasteiger partial charge in [0.1, 0.15) is 12.4 Å². The lowest BCUT2D eigenvalue weighted by molar-refractivity contribution is 0.301. The van der Waals surface area contributed by atoms with Gasteiger partial charge in [-0.25, -0.2) is 0 Å². The molecule has 5 heteroatoms. The van der Waals surface area contributed by atoms with Crippen LogP contribution in [0.2, 0.25) is 0 Å². The van der Waals surface area contributed by atoms with E-state index in [9.17, 15) is 5.26 Å². The zero-order valence-corrected chi connectivity index (χ0v) is 22.8. The largest absolute Gasteiger partial charge is 0.487 e. The molecule has 0 aliphatic rings. The summed E-state index contributed by atoms with van der Waals surface area (Å²) in [5.74, 6) is 0.876. The molecule has 0 unspecified atom stereocenters. The molecule has 0 amide bonds. The van der Waals surface area contributed by atoms with Crippen molar-refractivity contribution in [3.8, 4) is 11.8 Å². The molecule has 152 valence electrons. The predicted molar refractivity (Wildman–Crippen MR) is 153 cm³/mol. The van der Waals surface area contributed by atoms with Gasteiger partial charge in [-0.3, -0.25) is 0 Å². The number of halogens is 3. The fraction of sp³-hybridized carbons (Fsp3) is 0.0385. The average molecular weight is 739 g/mol. The summed E-state index contributed by atoms with van der Waals surface area (Å²) < 4.78 is 9.37. The quantitative estimate of drug-likeness (QED) is 0.117. The maximum absolute atomic E-state index is 9.79. The molecule has 0 aliphatic heterocycles. The summed E-state index contributed by atoms with van der Waals surface area (Å²) in [5.41, 5.74) is 3.69. The van der Waals surface area contributed by atoms with Gasteiger partial charge in [-0.15, -0.1) is 0 Å². The molecule has 4 aromatic rings. The number of rotatable bonds is 5. The number of ether oxygens (including phenoxy) is 1. The van der Waals surface area contributed by atoms with E-state index in [0.717, 1.165) is 35.0 Å². The second-order valence-corrected chi connectivity index (χ2v) is 10.5. The van der Waals surface area contributed by atoms with Gasteiger partial charge in [-0.1, -0.05) is 48.5 Å². The van der Waals surface area contributed by atoms with Crippen molar-refractivity contribution in [2.45, 2.75) is 6.61 Å². The number of hydrogen-bond donors (Lipinski definition) is 0. The lowest BCUT2D eigenvalue weighted by atomic mass is 10.0. The first-order valence-corrected chi connectivity index (χ1v) is 12.7. The summed E-state index contributed by atoms with van der Waals surface area (Å²) in [6, 6.07) is 29.1. The van der Waals surface area contributed by atoms with Gasteiger partial charge in [0.25, 0.3) is 0 Å². The van der Waals surface area contributed by atoms with E-state index in [1.165, 1.54) is 8.96 Å². The maximum Gasteiger partial charge on any atom is 0.146 e. The monoisotopic (exact) mass is 739 g/mol. The predicted octanol–water partition coefficient (Wildman–Crippen LogP) is 8.30. The van der Waals surface area contributed by atoms with E-state index in [0.29, 0.717) is 12.2 Å². The minimum Gasteiger partial charge on any atom is -0.487 e. The molecule has 0 N–H and O–H groups in total. The lowest BCUT2D eigenvalue weighted by Crippen LogP contribution is -1.99. The second-order valence-electron chi connectivity index (χ2n) is 6.96. The molecule has 0 fully saturated rings. The van der Waals surface area contributed by atoms with Gasteiger partial charge in [-0.05, 0) is 132 Å². The lowest BCUT2D eigenvalue weighted by Gasteiger charge is -2.12. The van der Waals surface area contributed by atoms with Crippen molar-refractivity contribution >= 4 is 90.2 Å². The minimum absolute atomic E-state index is 0.526. The van der Waals surface area contributed by atoms with Gasteiger partial charge in [0.2, 0.25) is 0 Å². The summed E-state index contributed by atoms with van der Waals surface area (Å²) in [4.78, 5) is 0. The molecule has 2 nitrogen and oxygen atoms in total. The van der Waals surface area contributed by atoms with Crippen LogP contribution in [0.15, 0.2) is 78.9 Å². The Labute approximate surface area is 222 Å². The van der Waals surface area contributed by atoms with Gasteiger partial charge in [0.05, 0.1) is 18.8 Å². The average Bonchev–Trinajstić information content (AvgIpc) is 2.78. The van der Waals surface area contributed by atoms with Crippen LogP contribution in [-0.4, -0.2) is 0 Å². The third-order valence-electron chi connectivity index (χ3n) is 4.81. The molecule has 0 aromatic heterocycles. The van der Waals surface area contributed by atoms with E-state index in [1.807, 2.05) is 24.3 Å². The Morgan fingerprint density at radius 3 is 2.19 bits per heavy atom. The fourth-order valence-corrected chi connectivity index (χ4v) is 5.73. The van der Waals surface area contributed by atoms with E-state index in [4.69, 9.17) is 4.74 Å². The molecule has 0 aliphatic carbocycles. The van der Waals surface area contributed by atoms with Crippen LogP contribution in [-0.2, 0) is 6.61 Å². The van der Waals surface area contributed by atoms with Crippen molar-refractivity contribution in [2.24, 2.45) is 0 Å². The third-order valence-corrected chi connectivity index (χ3v) is 7.13. The molecule has 0 saturated heterocycles. The zero-order valence-electron chi connectivity index (χ0n) is 16.3. The van der Waals surface area contributed by atoms with E-state index in [2.05, 4.69) is 135 Å². The number of benzene rings is 4. The van der Waals surface area contributed by atoms with Crippen LogP contribution >= 0.6 is 67.8 Å². The molecule has 0 spiro atoms. The second kappa shape index (κ2) is 10.3. The molecular formula is C26H16I3NO. The summed E-state index contributed by atoms with van der Waals surface area (Å²) in [5, 5.41) is 12.1. The van der Waals surface area contributed by atoms with E-state index in [1.54, 1.807) is 0 Å². The minimum atomic E-state index is 0.526. The number of allylic oxidation sites excluding steroid dienone is 1. The van der Waals surface area contributed by atoms with E-state index in [-0.39, 0.29) is 0 Å². The van der Waals surface area contributed by atoms with Crippen LogP contribution in [0.25, 0.3) is 22.4 Å². The third kappa shape index (κ3) is 5.59. The van der Waals surface area contributed by atoms with Crippen molar-refractivity contribution in [3.63, 3.8) is 0 Å². The zero-order chi connectivity index (χ0) is 21.8. The first-order valence-electron chi connectivity index (χ1n) is 9.51. The smallest absolute Gasteiger partial charge is 0.146 e. The van der Waals surface area contributed by atoms with Gasteiger partial charge in [-0.2, -0.15) is 5.26 Å². The normalized spacial score (nSPS) is 11.4. The topological polar surface area (TPSA) is 33.0 Å². The molecule has 31 heavy (non-hydrogen) atoms. The maximum atomic E-state index is 9.79. The van der Waals surface area contributed by atoms with Crippen LogP contribution in [0.1, 0.15) is 16.7 Å². The van der Waals surface area contributed by atoms with Crippen molar-refractivity contribution in [1.82, 2.24) is 0 Å². The Morgan fingerprint density at radius 2 is 1.52 bits per heavy atom. The summed E-state index contributed by atoms with van der Waals surface area (Å²) in [6.07, 6.45) is 1.94. The summed E-state index contributed by atoms with van der Waals surface area (Å²) in [7, 11) is 0. The Morgan fingerprint density at radius 1 is 0.839 bits per heavy atom. The van der Waals surface area contributed by atoms with Gasteiger partial charge < -0.3 is 4.74 Å². The molecule has 0 heterocycles. The van der Waals surface area contributed by atoms with Crippen LogP contribution in [0.4, 0.5) is 0 Å². The molecule has 4 rings (SSSR count). The van der Waals surface area contributed by atoms with Crippen LogP contribution in [0, 0.1) is 22.0 Å². The van der Waals surface area contributed by atoms with E-state index < -0.39 is 0 Å². The van der Waals surface area contributed by atoms with Crippen molar-refractivity contribution in [3.05, 3.63) is 106 Å².